The summed E-state index contributed by atoms with van der Waals surface area (Å²) in [4.78, 5) is 11.0. The number of aliphatic carboxylic acids is 1. The van der Waals surface area contributed by atoms with Gasteiger partial charge in [0.1, 0.15) is 5.75 Å². The number of rotatable bonds is 5. The minimum Gasteiger partial charge on any atom is -0.491 e. The summed E-state index contributed by atoms with van der Waals surface area (Å²) in [7, 11) is 0. The minimum absolute atomic E-state index is 0.157. The first-order valence-corrected chi connectivity index (χ1v) is 7.72. The fraction of sp³-hybridized carbons (Fsp3) is 0.588. The van der Waals surface area contributed by atoms with Gasteiger partial charge in [-0.1, -0.05) is 6.07 Å². The van der Waals surface area contributed by atoms with E-state index in [0.717, 1.165) is 42.7 Å². The van der Waals surface area contributed by atoms with Gasteiger partial charge in [-0.05, 0) is 58.1 Å². The molecule has 21 heavy (non-hydrogen) atoms. The van der Waals surface area contributed by atoms with Gasteiger partial charge in [-0.2, -0.15) is 0 Å². The van der Waals surface area contributed by atoms with E-state index in [-0.39, 0.29) is 12.0 Å². The SMILES string of the molecule is Cc1ccc(NC2CCC(C(=O)O)CC2)cc1OC(C)C. The van der Waals surface area contributed by atoms with Gasteiger partial charge in [-0.3, -0.25) is 4.79 Å². The molecular weight excluding hydrogens is 266 g/mol. The summed E-state index contributed by atoms with van der Waals surface area (Å²) in [5, 5.41) is 12.5. The number of carbonyl (C=O) groups is 1. The van der Waals surface area contributed by atoms with E-state index in [1.807, 2.05) is 26.8 Å². The van der Waals surface area contributed by atoms with Crippen molar-refractivity contribution in [1.29, 1.82) is 0 Å². The van der Waals surface area contributed by atoms with Gasteiger partial charge in [0.05, 0.1) is 12.0 Å². The third kappa shape index (κ3) is 4.38. The average Bonchev–Trinajstić information content (AvgIpc) is 2.42. The zero-order valence-corrected chi connectivity index (χ0v) is 13.1. The van der Waals surface area contributed by atoms with Gasteiger partial charge >= 0.3 is 5.97 Å². The summed E-state index contributed by atoms with van der Waals surface area (Å²) in [6.07, 6.45) is 3.49. The number of nitrogens with one attached hydrogen (secondary N) is 1. The third-order valence-corrected chi connectivity index (χ3v) is 4.00. The van der Waals surface area contributed by atoms with Gasteiger partial charge in [-0.15, -0.1) is 0 Å². The van der Waals surface area contributed by atoms with E-state index in [9.17, 15) is 4.79 Å². The van der Waals surface area contributed by atoms with Crippen molar-refractivity contribution in [3.63, 3.8) is 0 Å². The number of hydrogen-bond acceptors (Lipinski definition) is 3. The molecule has 1 fully saturated rings. The molecule has 0 atom stereocenters. The van der Waals surface area contributed by atoms with Crippen LogP contribution in [0.15, 0.2) is 18.2 Å². The summed E-state index contributed by atoms with van der Waals surface area (Å²) in [5.74, 6) is 0.0894. The van der Waals surface area contributed by atoms with Crippen molar-refractivity contribution in [1.82, 2.24) is 0 Å². The minimum atomic E-state index is -0.656. The van der Waals surface area contributed by atoms with Crippen molar-refractivity contribution >= 4 is 11.7 Å². The Morgan fingerprint density at radius 1 is 1.29 bits per heavy atom. The van der Waals surface area contributed by atoms with Gasteiger partial charge in [0.15, 0.2) is 0 Å². The van der Waals surface area contributed by atoms with E-state index in [4.69, 9.17) is 9.84 Å². The van der Waals surface area contributed by atoms with Crippen molar-refractivity contribution in [3.8, 4) is 5.75 Å². The Hall–Kier alpha value is -1.71. The number of anilines is 1. The first-order valence-electron chi connectivity index (χ1n) is 7.72. The fourth-order valence-electron chi connectivity index (χ4n) is 2.79. The standard InChI is InChI=1S/C17H25NO3/c1-11(2)21-16-10-15(7-4-12(16)3)18-14-8-5-13(6-9-14)17(19)20/h4,7,10-11,13-14,18H,5-6,8-9H2,1-3H3,(H,19,20). The molecule has 4 heteroatoms. The number of carboxylic acids is 1. The van der Waals surface area contributed by atoms with Crippen LogP contribution in [-0.2, 0) is 4.79 Å². The Morgan fingerprint density at radius 3 is 2.52 bits per heavy atom. The van der Waals surface area contributed by atoms with E-state index in [0.29, 0.717) is 6.04 Å². The fourth-order valence-corrected chi connectivity index (χ4v) is 2.79. The predicted octanol–water partition coefficient (Wildman–Crippen LogP) is 3.84. The molecule has 2 N–H and O–H groups in total. The molecular formula is C17H25NO3. The molecule has 116 valence electrons. The van der Waals surface area contributed by atoms with Gasteiger partial charge < -0.3 is 15.2 Å². The number of aryl methyl sites for hydroxylation is 1. The molecule has 0 heterocycles. The number of carboxylic acid groups (broad SMARTS) is 1. The Kier molecular flexibility index (Phi) is 5.10. The molecule has 0 unspecified atom stereocenters. The van der Waals surface area contributed by atoms with Crippen LogP contribution in [0.25, 0.3) is 0 Å². The van der Waals surface area contributed by atoms with Crippen LogP contribution in [-0.4, -0.2) is 23.2 Å². The quantitative estimate of drug-likeness (QED) is 0.865. The van der Waals surface area contributed by atoms with Gasteiger partial charge in [0, 0.05) is 17.8 Å². The molecule has 1 aliphatic carbocycles. The highest BCUT2D eigenvalue weighted by atomic mass is 16.5. The van der Waals surface area contributed by atoms with Crippen LogP contribution >= 0.6 is 0 Å². The normalized spacial score (nSPS) is 22.1. The summed E-state index contributed by atoms with van der Waals surface area (Å²) in [6.45, 7) is 6.08. The maximum Gasteiger partial charge on any atom is 0.306 e. The monoisotopic (exact) mass is 291 g/mol. The Balaban J connectivity index is 1.96. The van der Waals surface area contributed by atoms with E-state index in [1.165, 1.54) is 0 Å². The highest BCUT2D eigenvalue weighted by molar-refractivity contribution is 5.70. The molecule has 0 amide bonds. The number of hydrogen-bond donors (Lipinski definition) is 2. The highest BCUT2D eigenvalue weighted by Crippen LogP contribution is 2.29. The van der Waals surface area contributed by atoms with Crippen LogP contribution in [0.2, 0.25) is 0 Å². The zero-order valence-electron chi connectivity index (χ0n) is 13.1. The second-order valence-corrected chi connectivity index (χ2v) is 6.18. The molecule has 1 saturated carbocycles. The Bertz CT molecular complexity index is 491. The molecule has 4 nitrogen and oxygen atoms in total. The molecule has 0 aromatic heterocycles. The van der Waals surface area contributed by atoms with Crippen molar-refractivity contribution in [2.24, 2.45) is 5.92 Å². The van der Waals surface area contributed by atoms with Crippen LogP contribution in [0.4, 0.5) is 5.69 Å². The van der Waals surface area contributed by atoms with Crippen molar-refractivity contribution in [2.75, 3.05) is 5.32 Å². The Labute approximate surface area is 126 Å². The number of benzene rings is 1. The van der Waals surface area contributed by atoms with E-state index < -0.39 is 5.97 Å². The predicted molar refractivity (Wildman–Crippen MR) is 83.9 cm³/mol. The molecule has 0 spiro atoms. The average molecular weight is 291 g/mol. The van der Waals surface area contributed by atoms with Crippen molar-refractivity contribution in [3.05, 3.63) is 23.8 Å². The summed E-state index contributed by atoms with van der Waals surface area (Å²) in [5.41, 5.74) is 2.18. The first-order chi connectivity index (χ1) is 9.95. The lowest BCUT2D eigenvalue weighted by molar-refractivity contribution is -0.142. The summed E-state index contributed by atoms with van der Waals surface area (Å²) >= 11 is 0. The van der Waals surface area contributed by atoms with Crippen LogP contribution in [0.1, 0.15) is 45.1 Å². The van der Waals surface area contributed by atoms with Gasteiger partial charge in [0.25, 0.3) is 0 Å². The van der Waals surface area contributed by atoms with Crippen LogP contribution in [0, 0.1) is 12.8 Å². The maximum atomic E-state index is 11.0. The molecule has 0 saturated heterocycles. The smallest absolute Gasteiger partial charge is 0.306 e. The second-order valence-electron chi connectivity index (χ2n) is 6.18. The van der Waals surface area contributed by atoms with Crippen LogP contribution in [0.3, 0.4) is 0 Å². The van der Waals surface area contributed by atoms with Crippen molar-refractivity contribution < 1.29 is 14.6 Å². The molecule has 1 aliphatic rings. The third-order valence-electron chi connectivity index (χ3n) is 4.00. The van der Waals surface area contributed by atoms with E-state index in [2.05, 4.69) is 17.4 Å². The Morgan fingerprint density at radius 2 is 1.95 bits per heavy atom. The highest BCUT2D eigenvalue weighted by Gasteiger charge is 2.25. The molecule has 0 bridgehead atoms. The lowest BCUT2D eigenvalue weighted by atomic mass is 9.86. The first kappa shape index (κ1) is 15.7. The van der Waals surface area contributed by atoms with Gasteiger partial charge in [0.2, 0.25) is 0 Å². The van der Waals surface area contributed by atoms with Crippen LogP contribution < -0.4 is 10.1 Å². The summed E-state index contributed by atoms with van der Waals surface area (Å²) in [6, 6.07) is 6.52. The second kappa shape index (κ2) is 6.83. The molecule has 1 aromatic rings. The molecule has 0 radical (unpaired) electrons. The molecule has 2 rings (SSSR count). The number of ether oxygens (including phenoxy) is 1. The molecule has 0 aliphatic heterocycles. The van der Waals surface area contributed by atoms with E-state index in [1.54, 1.807) is 0 Å². The lowest BCUT2D eigenvalue weighted by Crippen LogP contribution is -2.29. The molecule has 1 aromatic carbocycles. The maximum absolute atomic E-state index is 11.0. The zero-order chi connectivity index (χ0) is 15.4. The van der Waals surface area contributed by atoms with Crippen LogP contribution in [0.5, 0.6) is 5.75 Å². The van der Waals surface area contributed by atoms with Crippen molar-refractivity contribution in [2.45, 2.75) is 58.6 Å². The van der Waals surface area contributed by atoms with E-state index >= 15 is 0 Å². The lowest BCUT2D eigenvalue weighted by Gasteiger charge is -2.28. The summed E-state index contributed by atoms with van der Waals surface area (Å²) < 4.78 is 5.81. The largest absolute Gasteiger partial charge is 0.491 e. The topological polar surface area (TPSA) is 58.6 Å². The van der Waals surface area contributed by atoms with Gasteiger partial charge in [-0.25, -0.2) is 0 Å².